The van der Waals surface area contributed by atoms with Gasteiger partial charge in [-0.15, -0.1) is 0 Å². The van der Waals surface area contributed by atoms with Crippen LogP contribution in [0.4, 0.5) is 0 Å². The zero-order valence-electron chi connectivity index (χ0n) is 47.5. The first-order valence-corrected chi connectivity index (χ1v) is 27.6. The number of carbonyl (C=O) groups is 12. The van der Waals surface area contributed by atoms with E-state index in [0.717, 1.165) is 4.90 Å². The van der Waals surface area contributed by atoms with E-state index in [4.69, 9.17) is 34.4 Å². The number of likely N-dealkylation sites (tertiary alicyclic amines) is 2. The Morgan fingerprint density at radius 1 is 0.571 bits per heavy atom. The number of aliphatic hydroxyl groups excluding tert-OH is 1. The second-order valence-electron chi connectivity index (χ2n) is 20.9. The van der Waals surface area contributed by atoms with Gasteiger partial charge in [0.25, 0.3) is 0 Å². The summed E-state index contributed by atoms with van der Waals surface area (Å²) in [5.41, 5.74) is 33.7. The highest BCUT2D eigenvalue weighted by molar-refractivity contribution is 5.99. The molecule has 2 heterocycles. The zero-order valence-corrected chi connectivity index (χ0v) is 47.5. The van der Waals surface area contributed by atoms with Crippen LogP contribution >= 0.6 is 0 Å². The number of nitrogens with two attached hydrogens (primary N) is 6. The van der Waals surface area contributed by atoms with Gasteiger partial charge in [0.2, 0.25) is 59.1 Å². The minimum absolute atomic E-state index is 0.00485. The van der Waals surface area contributed by atoms with Crippen LogP contribution in [0.1, 0.15) is 103 Å². The number of carboxylic acid groups (broad SMARTS) is 2. The van der Waals surface area contributed by atoms with Crippen LogP contribution in [0.2, 0.25) is 0 Å². The highest BCUT2D eigenvalue weighted by Gasteiger charge is 2.42. The van der Waals surface area contributed by atoms with Gasteiger partial charge in [0.05, 0.1) is 19.1 Å². The third-order valence-corrected chi connectivity index (χ3v) is 13.6. The lowest BCUT2D eigenvalue weighted by molar-refractivity contribution is -0.146. The number of benzene rings is 1. The maximum absolute atomic E-state index is 14.4. The van der Waals surface area contributed by atoms with Crippen molar-refractivity contribution in [2.75, 3.05) is 32.8 Å². The van der Waals surface area contributed by atoms with Crippen LogP contribution in [0.25, 0.3) is 0 Å². The summed E-state index contributed by atoms with van der Waals surface area (Å²) in [6.45, 7) is 3.96. The number of rotatable bonds is 35. The fourth-order valence-electron chi connectivity index (χ4n) is 9.39. The lowest BCUT2D eigenvalue weighted by Gasteiger charge is -2.31. The largest absolute Gasteiger partial charge is 0.481 e. The molecule has 0 unspecified atom stereocenters. The maximum atomic E-state index is 14.4. The SMILES string of the molecule is CC(C)C[C@H](NC(=O)[C@H](CCCN=C(N)N)NC(=O)[C@@H]1CCCN1C(=O)[C@H](CC(=O)O)NC(=O)[C@H](CO)NC(=O)[C@@H]1CCCN1C(=O)[C@H](C)N)C(=O)N[C@@H](CCCN=C(N)N)C(=O)N[C@@H](CCC(N)=O)C(=O)N[C@@H](Cc1ccccc1)C(=O)O. The fourth-order valence-corrected chi connectivity index (χ4v) is 9.39. The molecule has 32 nitrogen and oxygen atoms in total. The van der Waals surface area contributed by atoms with Crippen molar-refractivity contribution in [3.8, 4) is 0 Å². The van der Waals surface area contributed by atoms with Crippen molar-refractivity contribution in [1.29, 1.82) is 0 Å². The van der Waals surface area contributed by atoms with E-state index in [-0.39, 0.29) is 108 Å². The van der Waals surface area contributed by atoms with Gasteiger partial charge in [-0.25, -0.2) is 4.79 Å². The van der Waals surface area contributed by atoms with Gasteiger partial charge in [0, 0.05) is 39.0 Å². The molecule has 0 saturated carbocycles. The lowest BCUT2D eigenvalue weighted by atomic mass is 10.0. The minimum Gasteiger partial charge on any atom is -0.481 e. The molecule has 2 aliphatic heterocycles. The van der Waals surface area contributed by atoms with E-state index in [1.165, 1.54) is 11.8 Å². The highest BCUT2D eigenvalue weighted by Crippen LogP contribution is 2.22. The Morgan fingerprint density at radius 3 is 1.45 bits per heavy atom. The van der Waals surface area contributed by atoms with Crippen molar-refractivity contribution in [1.82, 2.24) is 47.0 Å². The molecule has 466 valence electrons. The second kappa shape index (κ2) is 34.7. The molecule has 10 atom stereocenters. The molecule has 0 aromatic heterocycles. The summed E-state index contributed by atoms with van der Waals surface area (Å²) in [4.78, 5) is 171. The second-order valence-corrected chi connectivity index (χ2v) is 20.9. The quantitative estimate of drug-likeness (QED) is 0.0171. The van der Waals surface area contributed by atoms with Crippen LogP contribution in [0, 0.1) is 5.92 Å². The maximum Gasteiger partial charge on any atom is 0.326 e. The van der Waals surface area contributed by atoms with Crippen molar-refractivity contribution in [2.45, 2.75) is 165 Å². The fraction of sp³-hybridized carbons (Fsp3) is 0.615. The van der Waals surface area contributed by atoms with Gasteiger partial charge in [-0.05, 0) is 82.6 Å². The number of nitrogens with one attached hydrogen (secondary N) is 7. The van der Waals surface area contributed by atoms with Crippen LogP contribution in [0.3, 0.4) is 0 Å². The topological polar surface area (TPSA) is 537 Å². The Kier molecular flexibility index (Phi) is 28.7. The molecule has 10 amide bonds. The van der Waals surface area contributed by atoms with Crippen LogP contribution in [-0.2, 0) is 64.0 Å². The van der Waals surface area contributed by atoms with E-state index in [0.29, 0.717) is 12.0 Å². The first-order chi connectivity index (χ1) is 39.6. The molecular formula is C52H83N17O15. The number of carbonyl (C=O) groups excluding carboxylic acids is 10. The van der Waals surface area contributed by atoms with Gasteiger partial charge in [-0.3, -0.25) is 62.7 Å². The third kappa shape index (κ3) is 23.3. The number of primary amides is 1. The van der Waals surface area contributed by atoms with Crippen molar-refractivity contribution >= 4 is 82.9 Å². The van der Waals surface area contributed by atoms with Crippen LogP contribution in [-0.4, -0.2) is 201 Å². The minimum atomic E-state index is -1.84. The lowest BCUT2D eigenvalue weighted by Crippen LogP contribution is -2.60. The Hall–Kier alpha value is -8.68. The summed E-state index contributed by atoms with van der Waals surface area (Å²) in [5.74, 6) is -12.8. The predicted molar refractivity (Wildman–Crippen MR) is 301 cm³/mol. The molecule has 1 aromatic rings. The molecule has 1 aromatic carbocycles. The van der Waals surface area contributed by atoms with Gasteiger partial charge < -0.3 is 96.7 Å². The van der Waals surface area contributed by atoms with Crippen LogP contribution < -0.4 is 71.6 Å². The number of aliphatic hydroxyl groups is 1. The average molecular weight is 1190 g/mol. The third-order valence-electron chi connectivity index (χ3n) is 13.6. The van der Waals surface area contributed by atoms with Gasteiger partial charge in [0.15, 0.2) is 11.9 Å². The number of guanidine groups is 2. The first-order valence-electron chi connectivity index (χ1n) is 27.6. The highest BCUT2D eigenvalue weighted by atomic mass is 16.4. The summed E-state index contributed by atoms with van der Waals surface area (Å²) in [6, 6.07) is -5.85. The molecule has 0 spiro atoms. The molecule has 84 heavy (non-hydrogen) atoms. The van der Waals surface area contributed by atoms with E-state index < -0.39 is 151 Å². The van der Waals surface area contributed by atoms with Crippen LogP contribution in [0.5, 0.6) is 0 Å². The Labute approximate surface area is 485 Å². The molecule has 0 aliphatic carbocycles. The number of amides is 10. The number of aliphatic carboxylic acids is 2. The smallest absolute Gasteiger partial charge is 0.326 e. The molecule has 22 N–H and O–H groups in total. The molecule has 0 bridgehead atoms. The van der Waals surface area contributed by atoms with Crippen LogP contribution in [0.15, 0.2) is 40.3 Å². The van der Waals surface area contributed by atoms with Crippen molar-refractivity contribution in [2.24, 2.45) is 50.3 Å². The van der Waals surface area contributed by atoms with Crippen molar-refractivity contribution in [3.63, 3.8) is 0 Å². The number of aliphatic imine (C=N–C) groups is 2. The van der Waals surface area contributed by atoms with Gasteiger partial charge in [-0.1, -0.05) is 44.2 Å². The Bertz CT molecular complexity index is 2540. The summed E-state index contributed by atoms with van der Waals surface area (Å²) in [7, 11) is 0. The average Bonchev–Trinajstić information content (AvgIpc) is 3.84. The molecule has 2 aliphatic rings. The van der Waals surface area contributed by atoms with E-state index in [9.17, 15) is 72.9 Å². The van der Waals surface area contributed by atoms with Gasteiger partial charge in [0.1, 0.15) is 54.4 Å². The molecular weight excluding hydrogens is 1100 g/mol. The molecule has 3 rings (SSSR count). The van der Waals surface area contributed by atoms with Gasteiger partial charge >= 0.3 is 11.9 Å². The predicted octanol–water partition coefficient (Wildman–Crippen LogP) is -6.08. The van der Waals surface area contributed by atoms with Gasteiger partial charge in [-0.2, -0.15) is 0 Å². The molecule has 0 radical (unpaired) electrons. The van der Waals surface area contributed by atoms with E-state index in [1.807, 2.05) is 0 Å². The monoisotopic (exact) mass is 1190 g/mol. The van der Waals surface area contributed by atoms with Crippen molar-refractivity contribution in [3.05, 3.63) is 35.9 Å². The standard InChI is InChI=1S/C52H83N17O15/c1-27(2)23-33(44(77)61-30(13-7-19-59-51(55)56)41(74)62-32(17-18-39(54)71)43(76)66-35(50(83)84)24-29-11-5-4-6-12-29)64-42(75)31(14-8-20-60-52(57)58)63-46(79)38-16-10-22-69(38)49(82)34(25-40(72)73)65-45(78)36(26-70)67-47(80)37-15-9-21-68(37)48(81)28(3)53/h4-6,11-12,27-28,30-38,70H,7-10,13-26,53H2,1-3H3,(H2,54,71)(H,61,77)(H,62,74)(H,63,79)(H,64,75)(H,65,78)(H,66,76)(H,67,80)(H,72,73)(H,83,84)(H4,55,56,59)(H4,57,58,60)/t28-,30-,31-,32-,33-,34-,35-,36-,37-,38-/m0/s1. The molecule has 2 fully saturated rings. The Morgan fingerprint density at radius 2 is 1.00 bits per heavy atom. The van der Waals surface area contributed by atoms with E-state index >= 15 is 0 Å². The number of carboxylic acids is 2. The van der Waals surface area contributed by atoms with Crippen molar-refractivity contribution < 1.29 is 72.9 Å². The first kappa shape index (κ1) is 69.6. The molecule has 32 heteroatoms. The summed E-state index contributed by atoms with van der Waals surface area (Å²) in [5, 5.41) is 47.3. The number of hydrogen-bond acceptors (Lipinski definition) is 16. The van der Waals surface area contributed by atoms with E-state index in [2.05, 4.69) is 47.2 Å². The normalized spacial score (nSPS) is 17.5. The Balaban J connectivity index is 1.89. The zero-order chi connectivity index (χ0) is 62.8. The summed E-state index contributed by atoms with van der Waals surface area (Å²) >= 11 is 0. The number of nitrogens with zero attached hydrogens (tertiary/aromatic N) is 4. The number of hydrogen-bond donors (Lipinski definition) is 16. The summed E-state index contributed by atoms with van der Waals surface area (Å²) in [6.07, 6.45) is -1.28. The molecule has 2 saturated heterocycles. The van der Waals surface area contributed by atoms with E-state index in [1.54, 1.807) is 44.2 Å². The summed E-state index contributed by atoms with van der Waals surface area (Å²) < 4.78 is 0.